The van der Waals surface area contributed by atoms with Gasteiger partial charge in [-0.1, -0.05) is 20.8 Å². The van der Waals surface area contributed by atoms with Crippen molar-refractivity contribution in [3.8, 4) is 0 Å². The van der Waals surface area contributed by atoms with Crippen molar-refractivity contribution >= 4 is 5.82 Å². The van der Waals surface area contributed by atoms with Crippen LogP contribution in [0.2, 0.25) is 0 Å². The first-order valence-corrected chi connectivity index (χ1v) is 7.60. The quantitative estimate of drug-likeness (QED) is 0.870. The summed E-state index contributed by atoms with van der Waals surface area (Å²) in [5.74, 6) is 1.96. The maximum atomic E-state index is 4.80. The third kappa shape index (κ3) is 3.06. The van der Waals surface area contributed by atoms with Crippen LogP contribution in [0.3, 0.4) is 0 Å². The number of aromatic nitrogens is 4. The molecule has 0 aliphatic carbocycles. The monoisotopic (exact) mass is 285 g/mol. The highest BCUT2D eigenvalue weighted by Crippen LogP contribution is 2.27. The molecule has 2 aromatic rings. The van der Waals surface area contributed by atoms with E-state index in [1.807, 2.05) is 31.0 Å². The summed E-state index contributed by atoms with van der Waals surface area (Å²) >= 11 is 0. The molecule has 0 aromatic carbocycles. The molecule has 2 aromatic heterocycles. The fourth-order valence-electron chi connectivity index (χ4n) is 2.84. The third-order valence-corrected chi connectivity index (χ3v) is 3.96. The molecule has 1 fully saturated rings. The van der Waals surface area contributed by atoms with Crippen molar-refractivity contribution in [1.82, 2.24) is 19.5 Å². The molecule has 0 bridgehead atoms. The first-order valence-electron chi connectivity index (χ1n) is 7.60. The third-order valence-electron chi connectivity index (χ3n) is 3.96. The summed E-state index contributed by atoms with van der Waals surface area (Å²) < 4.78 is 2.15. The molecular formula is C16H23N5. The molecule has 112 valence electrons. The van der Waals surface area contributed by atoms with Gasteiger partial charge in [0.25, 0.3) is 0 Å². The lowest BCUT2D eigenvalue weighted by Crippen LogP contribution is -2.34. The molecule has 0 radical (unpaired) electrons. The molecule has 0 saturated carbocycles. The van der Waals surface area contributed by atoms with E-state index in [4.69, 9.17) is 4.98 Å². The van der Waals surface area contributed by atoms with Crippen molar-refractivity contribution in [2.75, 3.05) is 11.4 Å². The van der Waals surface area contributed by atoms with Crippen LogP contribution >= 0.6 is 0 Å². The molecule has 1 aliphatic rings. The number of hydrogen-bond acceptors (Lipinski definition) is 4. The molecular weight excluding hydrogens is 262 g/mol. The van der Waals surface area contributed by atoms with E-state index in [0.717, 1.165) is 24.7 Å². The van der Waals surface area contributed by atoms with Gasteiger partial charge in [0, 0.05) is 43.1 Å². The molecule has 5 heteroatoms. The van der Waals surface area contributed by atoms with Crippen LogP contribution in [0.1, 0.15) is 39.4 Å². The molecule has 0 N–H and O–H groups in total. The van der Waals surface area contributed by atoms with Crippen molar-refractivity contribution in [2.24, 2.45) is 0 Å². The van der Waals surface area contributed by atoms with Crippen LogP contribution in [-0.4, -0.2) is 32.1 Å². The summed E-state index contributed by atoms with van der Waals surface area (Å²) in [5, 5.41) is 0. The van der Waals surface area contributed by atoms with Gasteiger partial charge in [-0.3, -0.25) is 0 Å². The van der Waals surface area contributed by atoms with Crippen molar-refractivity contribution in [3.63, 3.8) is 0 Å². The Morgan fingerprint density at radius 2 is 2.14 bits per heavy atom. The minimum absolute atomic E-state index is 0.0183. The zero-order chi connectivity index (χ0) is 14.9. The highest BCUT2D eigenvalue weighted by molar-refractivity contribution is 5.40. The van der Waals surface area contributed by atoms with Crippen molar-refractivity contribution < 1.29 is 0 Å². The first kappa shape index (κ1) is 14.0. The van der Waals surface area contributed by atoms with E-state index in [0.29, 0.717) is 6.04 Å². The van der Waals surface area contributed by atoms with Gasteiger partial charge in [0.2, 0.25) is 0 Å². The van der Waals surface area contributed by atoms with Crippen LogP contribution < -0.4 is 4.90 Å². The average Bonchev–Trinajstić information content (AvgIpc) is 3.10. The zero-order valence-electron chi connectivity index (χ0n) is 13.0. The minimum Gasteiger partial charge on any atom is -0.352 e. The van der Waals surface area contributed by atoms with Crippen LogP contribution in [0.15, 0.2) is 31.0 Å². The Kier molecular flexibility index (Phi) is 3.66. The van der Waals surface area contributed by atoms with E-state index >= 15 is 0 Å². The van der Waals surface area contributed by atoms with Crippen LogP contribution in [0.4, 0.5) is 5.82 Å². The predicted octanol–water partition coefficient (Wildman–Crippen LogP) is 2.64. The number of hydrogen-bond donors (Lipinski definition) is 0. The summed E-state index contributed by atoms with van der Waals surface area (Å²) in [7, 11) is 0. The predicted molar refractivity (Wildman–Crippen MR) is 83.3 cm³/mol. The lowest BCUT2D eigenvalue weighted by molar-refractivity contribution is 0.530. The highest BCUT2D eigenvalue weighted by Gasteiger charge is 2.27. The molecule has 1 saturated heterocycles. The molecule has 3 heterocycles. The summed E-state index contributed by atoms with van der Waals surface area (Å²) in [6.07, 6.45) is 10.0. The maximum absolute atomic E-state index is 4.80. The van der Waals surface area contributed by atoms with Gasteiger partial charge in [0.05, 0.1) is 6.33 Å². The van der Waals surface area contributed by atoms with Crippen LogP contribution in [0, 0.1) is 0 Å². The Bertz CT molecular complexity index is 585. The van der Waals surface area contributed by atoms with Gasteiger partial charge in [-0.2, -0.15) is 0 Å². The Hall–Kier alpha value is -1.91. The van der Waals surface area contributed by atoms with Gasteiger partial charge in [0.15, 0.2) is 0 Å². The summed E-state index contributed by atoms with van der Waals surface area (Å²) in [4.78, 5) is 15.8. The minimum atomic E-state index is -0.0183. The highest BCUT2D eigenvalue weighted by atomic mass is 15.3. The molecule has 0 spiro atoms. The molecule has 1 aliphatic heterocycles. The van der Waals surface area contributed by atoms with Gasteiger partial charge in [-0.25, -0.2) is 15.0 Å². The second-order valence-electron chi connectivity index (χ2n) is 6.74. The van der Waals surface area contributed by atoms with E-state index < -0.39 is 0 Å². The number of anilines is 1. The van der Waals surface area contributed by atoms with E-state index in [1.54, 1.807) is 0 Å². The topological polar surface area (TPSA) is 46.8 Å². The van der Waals surface area contributed by atoms with Gasteiger partial charge < -0.3 is 9.47 Å². The molecule has 5 nitrogen and oxygen atoms in total. The van der Waals surface area contributed by atoms with E-state index in [-0.39, 0.29) is 5.41 Å². The molecule has 3 rings (SSSR count). The SMILES string of the molecule is CC(C)(C)c1nccc(N2CCCC2Cn2ccnc2)n1. The Balaban J connectivity index is 1.82. The summed E-state index contributed by atoms with van der Waals surface area (Å²) in [6.45, 7) is 8.49. The molecule has 1 unspecified atom stereocenters. The van der Waals surface area contributed by atoms with Gasteiger partial charge >= 0.3 is 0 Å². The van der Waals surface area contributed by atoms with E-state index in [9.17, 15) is 0 Å². The Morgan fingerprint density at radius 1 is 1.29 bits per heavy atom. The van der Waals surface area contributed by atoms with Gasteiger partial charge in [-0.15, -0.1) is 0 Å². The van der Waals surface area contributed by atoms with E-state index in [1.165, 1.54) is 12.8 Å². The summed E-state index contributed by atoms with van der Waals surface area (Å²) in [5.41, 5.74) is -0.0183. The largest absolute Gasteiger partial charge is 0.352 e. The second kappa shape index (κ2) is 5.47. The lowest BCUT2D eigenvalue weighted by atomic mass is 9.96. The maximum Gasteiger partial charge on any atom is 0.135 e. The zero-order valence-corrected chi connectivity index (χ0v) is 13.0. The molecule has 0 amide bonds. The average molecular weight is 285 g/mol. The van der Waals surface area contributed by atoms with Crippen molar-refractivity contribution in [3.05, 3.63) is 36.8 Å². The molecule has 1 atom stereocenters. The Labute approximate surface area is 126 Å². The number of rotatable bonds is 3. The standard InChI is InChI=1S/C16H23N5/c1-16(2,3)15-18-7-6-14(19-15)21-9-4-5-13(21)11-20-10-8-17-12-20/h6-8,10,12-13H,4-5,9,11H2,1-3H3. The lowest BCUT2D eigenvalue weighted by Gasteiger charge is -2.27. The fourth-order valence-corrected chi connectivity index (χ4v) is 2.84. The van der Waals surface area contributed by atoms with Crippen LogP contribution in [-0.2, 0) is 12.0 Å². The van der Waals surface area contributed by atoms with E-state index in [2.05, 4.69) is 40.2 Å². The molecule has 21 heavy (non-hydrogen) atoms. The van der Waals surface area contributed by atoms with Gasteiger partial charge in [0.1, 0.15) is 11.6 Å². The van der Waals surface area contributed by atoms with Crippen molar-refractivity contribution in [1.29, 1.82) is 0 Å². The number of nitrogens with zero attached hydrogens (tertiary/aromatic N) is 5. The number of imidazole rings is 1. The normalized spacial score (nSPS) is 19.2. The van der Waals surface area contributed by atoms with Crippen LogP contribution in [0.5, 0.6) is 0 Å². The second-order valence-corrected chi connectivity index (χ2v) is 6.74. The fraction of sp³-hybridized carbons (Fsp3) is 0.562. The van der Waals surface area contributed by atoms with Crippen molar-refractivity contribution in [2.45, 2.75) is 51.6 Å². The first-order chi connectivity index (χ1) is 10.0. The van der Waals surface area contributed by atoms with Gasteiger partial charge in [-0.05, 0) is 18.9 Å². The van der Waals surface area contributed by atoms with Crippen LogP contribution in [0.25, 0.3) is 0 Å². The summed E-state index contributed by atoms with van der Waals surface area (Å²) in [6, 6.07) is 2.52. The smallest absolute Gasteiger partial charge is 0.135 e. The Morgan fingerprint density at radius 3 is 2.86 bits per heavy atom.